The lowest BCUT2D eigenvalue weighted by molar-refractivity contribution is 0.0472. The summed E-state index contributed by atoms with van der Waals surface area (Å²) < 4.78 is 17.6. The molecule has 1 aromatic heterocycles. The standard InChI is InChI=1S/C45H35NO5/c1-30-25-36(44(47)50-29-35-13-7-4-8-14-35)26-31(2)43(30)51-45(48)42-38-15-9-10-16-40(38)46-41-24-21-33(27-39(41)42)18-17-32-19-22-37(23-20-32)49-28-34-11-5-3-6-12-34/h3-27H,28-29H2,1-2H3. The van der Waals surface area contributed by atoms with E-state index in [0.717, 1.165) is 28.0 Å². The summed E-state index contributed by atoms with van der Waals surface area (Å²) in [4.78, 5) is 31.9. The number of para-hydroxylation sites is 1. The third-order valence-electron chi connectivity index (χ3n) is 8.61. The number of hydrogen-bond acceptors (Lipinski definition) is 6. The Hall–Kier alpha value is -6.53. The van der Waals surface area contributed by atoms with Gasteiger partial charge in [-0.05, 0) is 89.7 Å². The zero-order valence-corrected chi connectivity index (χ0v) is 28.3. The fraction of sp³-hybridized carbons (Fsp3) is 0.0889. The first-order valence-corrected chi connectivity index (χ1v) is 16.7. The van der Waals surface area contributed by atoms with Crippen molar-refractivity contribution in [1.29, 1.82) is 0 Å². The number of nitrogens with zero attached hydrogens (tertiary/aromatic N) is 1. The molecule has 0 aliphatic heterocycles. The normalized spacial score (nSPS) is 11.2. The molecule has 0 N–H and O–H groups in total. The number of esters is 2. The van der Waals surface area contributed by atoms with Crippen molar-refractivity contribution in [3.8, 4) is 11.5 Å². The average Bonchev–Trinajstić information content (AvgIpc) is 3.16. The lowest BCUT2D eigenvalue weighted by atomic mass is 10.00. The molecule has 0 aliphatic rings. The quantitative estimate of drug-likeness (QED) is 0.0625. The highest BCUT2D eigenvalue weighted by Crippen LogP contribution is 2.31. The first-order valence-electron chi connectivity index (χ1n) is 16.7. The molecule has 6 aromatic carbocycles. The second kappa shape index (κ2) is 14.9. The largest absolute Gasteiger partial charge is 0.489 e. The van der Waals surface area contributed by atoms with Crippen LogP contribution in [0, 0.1) is 13.8 Å². The van der Waals surface area contributed by atoms with Gasteiger partial charge in [0.2, 0.25) is 0 Å². The van der Waals surface area contributed by atoms with Gasteiger partial charge in [-0.2, -0.15) is 0 Å². The van der Waals surface area contributed by atoms with E-state index in [-0.39, 0.29) is 6.61 Å². The molecule has 0 spiro atoms. The summed E-state index contributed by atoms with van der Waals surface area (Å²) in [7, 11) is 0. The zero-order chi connectivity index (χ0) is 35.2. The lowest BCUT2D eigenvalue weighted by Crippen LogP contribution is -2.13. The van der Waals surface area contributed by atoms with Gasteiger partial charge in [0.15, 0.2) is 0 Å². The first-order chi connectivity index (χ1) is 24.9. The lowest BCUT2D eigenvalue weighted by Gasteiger charge is -2.15. The van der Waals surface area contributed by atoms with E-state index in [1.165, 1.54) is 0 Å². The monoisotopic (exact) mass is 669 g/mol. The van der Waals surface area contributed by atoms with Crippen LogP contribution >= 0.6 is 0 Å². The van der Waals surface area contributed by atoms with Gasteiger partial charge in [0.1, 0.15) is 24.7 Å². The molecule has 51 heavy (non-hydrogen) atoms. The minimum absolute atomic E-state index is 0.171. The van der Waals surface area contributed by atoms with Crippen LogP contribution in [-0.2, 0) is 18.0 Å². The van der Waals surface area contributed by atoms with E-state index >= 15 is 0 Å². The van der Waals surface area contributed by atoms with Crippen LogP contribution in [0.15, 0.2) is 140 Å². The minimum Gasteiger partial charge on any atom is -0.489 e. The Balaban J connectivity index is 1.13. The fourth-order valence-electron chi connectivity index (χ4n) is 6.02. The molecule has 6 heteroatoms. The van der Waals surface area contributed by atoms with Crippen molar-refractivity contribution >= 4 is 45.9 Å². The van der Waals surface area contributed by atoms with E-state index in [0.29, 0.717) is 56.4 Å². The van der Waals surface area contributed by atoms with Gasteiger partial charge in [0.25, 0.3) is 0 Å². The number of carbonyl (C=O) groups is 2. The van der Waals surface area contributed by atoms with Gasteiger partial charge < -0.3 is 14.2 Å². The Morgan fingerprint density at radius 2 is 1.18 bits per heavy atom. The summed E-state index contributed by atoms with van der Waals surface area (Å²) in [5, 5.41) is 1.38. The molecule has 1 heterocycles. The van der Waals surface area contributed by atoms with Gasteiger partial charge in [-0.1, -0.05) is 109 Å². The van der Waals surface area contributed by atoms with Gasteiger partial charge >= 0.3 is 11.9 Å². The summed E-state index contributed by atoms with van der Waals surface area (Å²) in [5.41, 5.74) is 7.43. The van der Waals surface area contributed by atoms with Crippen LogP contribution in [0.25, 0.3) is 34.0 Å². The molecular formula is C45H35NO5. The van der Waals surface area contributed by atoms with Crippen LogP contribution in [0.3, 0.4) is 0 Å². The predicted octanol–water partition coefficient (Wildman–Crippen LogP) is 10.3. The van der Waals surface area contributed by atoms with Crippen LogP contribution in [-0.4, -0.2) is 16.9 Å². The number of benzene rings is 6. The van der Waals surface area contributed by atoms with Crippen molar-refractivity contribution < 1.29 is 23.8 Å². The Morgan fingerprint density at radius 1 is 0.588 bits per heavy atom. The molecule has 0 saturated carbocycles. The van der Waals surface area contributed by atoms with Crippen LogP contribution in [0.2, 0.25) is 0 Å². The SMILES string of the molecule is Cc1cc(C(=O)OCc2ccccc2)cc(C)c1OC(=O)c1c2ccccc2nc2ccc(C=Cc3ccc(OCc4ccccc4)cc3)cc12. The van der Waals surface area contributed by atoms with E-state index in [4.69, 9.17) is 19.2 Å². The highest BCUT2D eigenvalue weighted by molar-refractivity contribution is 6.15. The van der Waals surface area contributed by atoms with E-state index in [1.807, 2.05) is 153 Å². The van der Waals surface area contributed by atoms with Gasteiger partial charge in [0, 0.05) is 10.8 Å². The number of aromatic nitrogens is 1. The summed E-state index contributed by atoms with van der Waals surface area (Å²) in [6.45, 7) is 4.31. The molecule has 6 nitrogen and oxygen atoms in total. The highest BCUT2D eigenvalue weighted by Gasteiger charge is 2.21. The van der Waals surface area contributed by atoms with Crippen molar-refractivity contribution in [3.63, 3.8) is 0 Å². The molecule has 0 fully saturated rings. The molecule has 0 unspecified atom stereocenters. The number of carbonyl (C=O) groups excluding carboxylic acids is 2. The molecule has 0 saturated heterocycles. The maximum Gasteiger partial charge on any atom is 0.344 e. The summed E-state index contributed by atoms with van der Waals surface area (Å²) in [6.07, 6.45) is 4.03. The van der Waals surface area contributed by atoms with Gasteiger partial charge in [-0.3, -0.25) is 0 Å². The Bertz CT molecular complexity index is 2360. The van der Waals surface area contributed by atoms with Gasteiger partial charge in [-0.25, -0.2) is 14.6 Å². The van der Waals surface area contributed by atoms with E-state index in [2.05, 4.69) is 0 Å². The van der Waals surface area contributed by atoms with Crippen molar-refractivity contribution in [2.24, 2.45) is 0 Å². The van der Waals surface area contributed by atoms with Crippen LogP contribution in [0.5, 0.6) is 11.5 Å². The van der Waals surface area contributed by atoms with Crippen LogP contribution < -0.4 is 9.47 Å². The van der Waals surface area contributed by atoms with E-state index in [1.54, 1.807) is 12.1 Å². The highest BCUT2D eigenvalue weighted by atomic mass is 16.5. The van der Waals surface area contributed by atoms with Crippen LogP contribution in [0.1, 0.15) is 54.1 Å². The molecule has 7 aromatic rings. The van der Waals surface area contributed by atoms with E-state index in [9.17, 15) is 9.59 Å². The number of hydrogen-bond donors (Lipinski definition) is 0. The molecular weight excluding hydrogens is 634 g/mol. The van der Waals surface area contributed by atoms with Crippen molar-refractivity contribution in [2.45, 2.75) is 27.1 Å². The summed E-state index contributed by atoms with van der Waals surface area (Å²) >= 11 is 0. The van der Waals surface area contributed by atoms with Crippen molar-refractivity contribution in [1.82, 2.24) is 4.98 Å². The molecule has 0 amide bonds. The number of aryl methyl sites for hydroxylation is 2. The third kappa shape index (κ3) is 7.71. The van der Waals surface area contributed by atoms with Gasteiger partial charge in [0.05, 0.1) is 22.2 Å². The van der Waals surface area contributed by atoms with E-state index < -0.39 is 11.9 Å². The maximum atomic E-state index is 14.1. The molecule has 0 radical (unpaired) electrons. The Kier molecular flexibility index (Phi) is 9.66. The molecule has 250 valence electrons. The Morgan fingerprint density at radius 3 is 1.88 bits per heavy atom. The molecule has 0 atom stereocenters. The summed E-state index contributed by atoms with van der Waals surface area (Å²) in [5.74, 6) is 0.255. The second-order valence-corrected chi connectivity index (χ2v) is 12.3. The smallest absolute Gasteiger partial charge is 0.344 e. The predicted molar refractivity (Wildman–Crippen MR) is 202 cm³/mol. The van der Waals surface area contributed by atoms with Crippen LogP contribution in [0.4, 0.5) is 0 Å². The number of ether oxygens (including phenoxy) is 3. The Labute approximate surface area is 296 Å². The maximum absolute atomic E-state index is 14.1. The van der Waals surface area contributed by atoms with Crippen molar-refractivity contribution in [2.75, 3.05) is 0 Å². The molecule has 0 aliphatic carbocycles. The van der Waals surface area contributed by atoms with Crippen molar-refractivity contribution in [3.05, 3.63) is 184 Å². The molecule has 0 bridgehead atoms. The second-order valence-electron chi connectivity index (χ2n) is 12.3. The average molecular weight is 670 g/mol. The number of pyridine rings is 1. The summed E-state index contributed by atoms with van der Waals surface area (Å²) in [6, 6.07) is 44.3. The first kappa shape index (κ1) is 33.0. The number of rotatable bonds is 10. The zero-order valence-electron chi connectivity index (χ0n) is 28.3. The third-order valence-corrected chi connectivity index (χ3v) is 8.61. The minimum atomic E-state index is -0.503. The topological polar surface area (TPSA) is 74.7 Å². The fourth-order valence-corrected chi connectivity index (χ4v) is 6.02. The number of fused-ring (bicyclic) bond motifs is 2. The van der Waals surface area contributed by atoms with Gasteiger partial charge in [-0.15, -0.1) is 0 Å². The molecule has 7 rings (SSSR count).